The maximum absolute atomic E-state index is 2.33. The van der Waals surface area contributed by atoms with E-state index in [4.69, 9.17) is 0 Å². The molecular formula is C20H27N. The van der Waals surface area contributed by atoms with E-state index < -0.39 is 0 Å². The van der Waals surface area contributed by atoms with Crippen molar-refractivity contribution in [1.82, 2.24) is 0 Å². The molecule has 0 fully saturated rings. The first-order chi connectivity index (χ1) is 9.71. The Morgan fingerprint density at radius 1 is 0.857 bits per heavy atom. The molecule has 2 aromatic rings. The first-order valence-electron chi connectivity index (χ1n) is 7.63. The Balaban J connectivity index is 2.59. The third kappa shape index (κ3) is 3.12. The van der Waals surface area contributed by atoms with Crippen LogP contribution in [0.5, 0.6) is 0 Å². The van der Waals surface area contributed by atoms with Gasteiger partial charge in [-0.05, 0) is 60.6 Å². The molecule has 0 saturated carbocycles. The normalized spacial score (nSPS) is 11.6. The minimum atomic E-state index is 0.137. The molecule has 21 heavy (non-hydrogen) atoms. The van der Waals surface area contributed by atoms with Crippen LogP contribution in [0.25, 0.3) is 0 Å². The Labute approximate surface area is 129 Å². The maximum Gasteiger partial charge on any atom is 0.0446 e. The highest BCUT2D eigenvalue weighted by Crippen LogP contribution is 2.36. The van der Waals surface area contributed by atoms with E-state index in [0.29, 0.717) is 0 Å². The van der Waals surface area contributed by atoms with Gasteiger partial charge >= 0.3 is 0 Å². The van der Waals surface area contributed by atoms with Crippen molar-refractivity contribution in [3.63, 3.8) is 0 Å². The largest absolute Gasteiger partial charge is 0.344 e. The second-order valence-electron chi connectivity index (χ2n) is 7.05. The summed E-state index contributed by atoms with van der Waals surface area (Å²) in [5, 5.41) is 0. The first-order valence-corrected chi connectivity index (χ1v) is 7.63. The first kappa shape index (κ1) is 15.6. The second-order valence-corrected chi connectivity index (χ2v) is 7.05. The van der Waals surface area contributed by atoms with Crippen molar-refractivity contribution in [1.29, 1.82) is 0 Å². The van der Waals surface area contributed by atoms with E-state index >= 15 is 0 Å². The Hall–Kier alpha value is -1.76. The average Bonchev–Trinajstić information content (AvgIpc) is 2.41. The standard InChI is InChI=1S/C20H27N/c1-14-12-15(2)16(3)19(13-14)21(7)18-11-9-8-10-17(18)20(4,5)6/h8-13H,1-7H3. The van der Waals surface area contributed by atoms with Crippen molar-refractivity contribution in [2.45, 2.75) is 47.0 Å². The Kier molecular flexibility index (Phi) is 4.13. The van der Waals surface area contributed by atoms with E-state index in [2.05, 4.69) is 89.9 Å². The average molecular weight is 281 g/mol. The third-order valence-corrected chi connectivity index (χ3v) is 4.22. The molecule has 0 atom stereocenters. The molecule has 1 heteroatoms. The Morgan fingerprint density at radius 3 is 2.10 bits per heavy atom. The summed E-state index contributed by atoms with van der Waals surface area (Å²) in [4.78, 5) is 2.33. The highest BCUT2D eigenvalue weighted by molar-refractivity contribution is 5.71. The zero-order valence-corrected chi connectivity index (χ0v) is 14.4. The van der Waals surface area contributed by atoms with Crippen LogP contribution in [0.15, 0.2) is 36.4 Å². The van der Waals surface area contributed by atoms with Gasteiger partial charge < -0.3 is 4.90 Å². The summed E-state index contributed by atoms with van der Waals surface area (Å²) in [5.41, 5.74) is 8.12. The van der Waals surface area contributed by atoms with E-state index in [1.807, 2.05) is 0 Å². The van der Waals surface area contributed by atoms with Gasteiger partial charge in [-0.2, -0.15) is 0 Å². The minimum absolute atomic E-state index is 0.137. The molecule has 0 heterocycles. The van der Waals surface area contributed by atoms with Crippen LogP contribution < -0.4 is 4.90 Å². The lowest BCUT2D eigenvalue weighted by Gasteiger charge is -2.30. The predicted octanol–water partition coefficient (Wildman–Crippen LogP) is 5.68. The molecular weight excluding hydrogens is 254 g/mol. The molecule has 0 aliphatic heterocycles. The number of nitrogens with zero attached hydrogens (tertiary/aromatic N) is 1. The molecule has 0 aliphatic rings. The van der Waals surface area contributed by atoms with Crippen molar-refractivity contribution >= 4 is 11.4 Å². The van der Waals surface area contributed by atoms with Crippen LogP contribution in [0.3, 0.4) is 0 Å². The Bertz CT molecular complexity index is 647. The topological polar surface area (TPSA) is 3.24 Å². The van der Waals surface area contributed by atoms with E-state index in [1.54, 1.807) is 0 Å². The molecule has 0 spiro atoms. The molecule has 0 unspecified atom stereocenters. The highest BCUT2D eigenvalue weighted by Gasteiger charge is 2.20. The fourth-order valence-electron chi connectivity index (χ4n) is 2.90. The molecule has 0 N–H and O–H groups in total. The van der Waals surface area contributed by atoms with Crippen LogP contribution in [-0.4, -0.2) is 7.05 Å². The van der Waals surface area contributed by atoms with Crippen LogP contribution >= 0.6 is 0 Å². The van der Waals surface area contributed by atoms with Gasteiger partial charge in [0.05, 0.1) is 0 Å². The summed E-state index contributed by atoms with van der Waals surface area (Å²) in [6, 6.07) is 13.2. The number of rotatable bonds is 2. The zero-order chi connectivity index (χ0) is 15.8. The molecule has 0 radical (unpaired) electrons. The van der Waals surface area contributed by atoms with Gasteiger partial charge in [0.15, 0.2) is 0 Å². The summed E-state index contributed by atoms with van der Waals surface area (Å²) in [6.45, 7) is 13.4. The maximum atomic E-state index is 2.33. The van der Waals surface area contributed by atoms with E-state index in [1.165, 1.54) is 33.6 Å². The molecule has 0 aromatic heterocycles. The van der Waals surface area contributed by atoms with Gasteiger partial charge in [-0.1, -0.05) is 45.0 Å². The van der Waals surface area contributed by atoms with Crippen molar-refractivity contribution < 1.29 is 0 Å². The fourth-order valence-corrected chi connectivity index (χ4v) is 2.90. The van der Waals surface area contributed by atoms with Gasteiger partial charge in [0.25, 0.3) is 0 Å². The number of benzene rings is 2. The molecule has 0 aliphatic carbocycles. The van der Waals surface area contributed by atoms with E-state index in [0.717, 1.165) is 0 Å². The monoisotopic (exact) mass is 281 g/mol. The van der Waals surface area contributed by atoms with Gasteiger partial charge in [0.2, 0.25) is 0 Å². The zero-order valence-electron chi connectivity index (χ0n) is 14.4. The third-order valence-electron chi connectivity index (χ3n) is 4.22. The predicted molar refractivity (Wildman–Crippen MR) is 93.9 cm³/mol. The molecule has 112 valence electrons. The lowest BCUT2D eigenvalue weighted by Crippen LogP contribution is -2.19. The number of para-hydroxylation sites is 1. The quantitative estimate of drug-likeness (QED) is 0.684. The molecule has 0 bridgehead atoms. The van der Waals surface area contributed by atoms with Crippen molar-refractivity contribution in [2.75, 3.05) is 11.9 Å². The number of aryl methyl sites for hydroxylation is 2. The van der Waals surface area contributed by atoms with Crippen molar-refractivity contribution in [3.8, 4) is 0 Å². The van der Waals surface area contributed by atoms with Crippen LogP contribution in [0.2, 0.25) is 0 Å². The van der Waals surface area contributed by atoms with Gasteiger partial charge in [0.1, 0.15) is 0 Å². The smallest absolute Gasteiger partial charge is 0.0446 e. The van der Waals surface area contributed by atoms with Crippen LogP contribution in [0.4, 0.5) is 11.4 Å². The number of anilines is 2. The summed E-state index contributed by atoms with van der Waals surface area (Å²) < 4.78 is 0. The SMILES string of the molecule is Cc1cc(C)c(C)c(N(C)c2ccccc2C(C)(C)C)c1. The number of hydrogen-bond donors (Lipinski definition) is 0. The highest BCUT2D eigenvalue weighted by atomic mass is 15.1. The summed E-state index contributed by atoms with van der Waals surface area (Å²) in [7, 11) is 2.17. The summed E-state index contributed by atoms with van der Waals surface area (Å²) >= 11 is 0. The summed E-state index contributed by atoms with van der Waals surface area (Å²) in [6.07, 6.45) is 0. The van der Waals surface area contributed by atoms with Crippen LogP contribution in [0.1, 0.15) is 43.0 Å². The molecule has 2 rings (SSSR count). The molecule has 0 saturated heterocycles. The lowest BCUT2D eigenvalue weighted by molar-refractivity contribution is 0.590. The molecule has 1 nitrogen and oxygen atoms in total. The minimum Gasteiger partial charge on any atom is -0.344 e. The lowest BCUT2D eigenvalue weighted by atomic mass is 9.85. The van der Waals surface area contributed by atoms with Crippen LogP contribution in [-0.2, 0) is 5.41 Å². The van der Waals surface area contributed by atoms with Gasteiger partial charge in [0, 0.05) is 18.4 Å². The van der Waals surface area contributed by atoms with Gasteiger partial charge in [-0.15, -0.1) is 0 Å². The Morgan fingerprint density at radius 2 is 1.48 bits per heavy atom. The van der Waals surface area contributed by atoms with Gasteiger partial charge in [-0.25, -0.2) is 0 Å². The second kappa shape index (κ2) is 5.55. The van der Waals surface area contributed by atoms with Crippen LogP contribution in [0, 0.1) is 20.8 Å². The fraction of sp³-hybridized carbons (Fsp3) is 0.400. The van der Waals surface area contributed by atoms with Crippen molar-refractivity contribution in [3.05, 3.63) is 58.7 Å². The summed E-state index contributed by atoms with van der Waals surface area (Å²) in [5.74, 6) is 0. The molecule has 0 amide bonds. The molecule has 2 aromatic carbocycles. The van der Waals surface area contributed by atoms with E-state index in [-0.39, 0.29) is 5.41 Å². The van der Waals surface area contributed by atoms with Crippen molar-refractivity contribution in [2.24, 2.45) is 0 Å². The van der Waals surface area contributed by atoms with E-state index in [9.17, 15) is 0 Å². The number of hydrogen-bond acceptors (Lipinski definition) is 1. The van der Waals surface area contributed by atoms with Gasteiger partial charge in [-0.3, -0.25) is 0 Å².